The Bertz CT molecular complexity index is 2940. The molecule has 3 heterocycles. The van der Waals surface area contributed by atoms with E-state index in [-0.39, 0.29) is 0 Å². The molecule has 3 aliphatic carbocycles. The minimum atomic E-state index is 0.303. The van der Waals surface area contributed by atoms with Crippen LogP contribution in [-0.4, -0.2) is 9.13 Å². The van der Waals surface area contributed by atoms with E-state index in [1.165, 1.54) is 82.5 Å². The second kappa shape index (κ2) is 11.2. The van der Waals surface area contributed by atoms with Gasteiger partial charge < -0.3 is 13.6 Å². The third-order valence-corrected chi connectivity index (χ3v) is 11.4. The molecule has 3 heteroatoms. The first kappa shape index (κ1) is 28.7. The van der Waals surface area contributed by atoms with Crippen molar-refractivity contribution >= 4 is 73.2 Å². The van der Waals surface area contributed by atoms with E-state index in [2.05, 4.69) is 155 Å². The van der Waals surface area contributed by atoms with Crippen molar-refractivity contribution in [3.8, 4) is 5.69 Å². The van der Waals surface area contributed by atoms with E-state index in [0.29, 0.717) is 5.92 Å². The molecule has 0 bridgehead atoms. The summed E-state index contributed by atoms with van der Waals surface area (Å²) in [5.41, 5.74) is 13.8. The lowest BCUT2D eigenvalue weighted by Gasteiger charge is -2.18. The molecule has 1 unspecified atom stereocenters. The predicted octanol–water partition coefficient (Wildman–Crippen LogP) is 10.9. The molecule has 0 N–H and O–H groups in total. The molecular formula is C48H36N2O. The maximum absolute atomic E-state index is 6.18. The number of para-hydroxylation sites is 2. The molecule has 3 aromatic heterocycles. The van der Waals surface area contributed by atoms with Gasteiger partial charge in [-0.1, -0.05) is 103 Å². The highest BCUT2D eigenvalue weighted by Gasteiger charge is 2.23. The molecular weight excluding hydrogens is 621 g/mol. The highest BCUT2D eigenvalue weighted by molar-refractivity contribution is 6.06. The van der Waals surface area contributed by atoms with Crippen LogP contribution in [0.1, 0.15) is 54.0 Å². The fraction of sp³-hybridized carbons (Fsp3) is 0.125. The predicted molar refractivity (Wildman–Crippen MR) is 213 cm³/mol. The van der Waals surface area contributed by atoms with Crippen LogP contribution >= 0.6 is 0 Å². The van der Waals surface area contributed by atoms with Gasteiger partial charge in [-0.25, -0.2) is 0 Å². The maximum Gasteiger partial charge on any atom is 0.135 e. The Balaban J connectivity index is 1.04. The van der Waals surface area contributed by atoms with Crippen LogP contribution in [0.4, 0.5) is 0 Å². The van der Waals surface area contributed by atoms with Crippen molar-refractivity contribution in [2.24, 2.45) is 0 Å². The largest absolute Gasteiger partial charge is 0.456 e. The van der Waals surface area contributed by atoms with Gasteiger partial charge in [0, 0.05) is 60.7 Å². The van der Waals surface area contributed by atoms with E-state index in [1.54, 1.807) is 0 Å². The minimum Gasteiger partial charge on any atom is -0.456 e. The summed E-state index contributed by atoms with van der Waals surface area (Å²) in [6.07, 6.45) is 19.7. The smallest absolute Gasteiger partial charge is 0.135 e. The number of fused-ring (bicyclic) bond motifs is 9. The SMILES string of the molecule is C1=Cc2c(n(-c3ccc4oc5ccccc5c4c3)c3ccc(C4C=c5c(n(C6=CCCC(c7ccccc7)=C6)c6ccccc56)=CC4)cc23)CC1. The molecule has 3 nitrogen and oxygen atoms in total. The first-order chi connectivity index (χ1) is 25.3. The van der Waals surface area contributed by atoms with E-state index < -0.39 is 0 Å². The van der Waals surface area contributed by atoms with Crippen LogP contribution in [0.15, 0.2) is 138 Å². The molecule has 1 atom stereocenters. The van der Waals surface area contributed by atoms with E-state index >= 15 is 0 Å². The fourth-order valence-corrected chi connectivity index (χ4v) is 9.02. The Kier molecular flexibility index (Phi) is 6.33. The van der Waals surface area contributed by atoms with Crippen LogP contribution in [0.5, 0.6) is 0 Å². The van der Waals surface area contributed by atoms with Crippen molar-refractivity contribution in [2.45, 2.75) is 38.0 Å². The molecule has 0 fully saturated rings. The summed E-state index contributed by atoms with van der Waals surface area (Å²) in [5.74, 6) is 0.303. The molecule has 11 rings (SSSR count). The molecule has 0 amide bonds. The zero-order valence-corrected chi connectivity index (χ0v) is 28.3. The Hall–Kier alpha value is -6.06. The van der Waals surface area contributed by atoms with Crippen molar-refractivity contribution in [1.29, 1.82) is 0 Å². The van der Waals surface area contributed by atoms with Gasteiger partial charge in [0.05, 0.1) is 11.0 Å². The number of hydrogen-bond acceptors (Lipinski definition) is 1. The number of nitrogens with zero attached hydrogens (tertiary/aromatic N) is 2. The number of furan rings is 1. The third-order valence-electron chi connectivity index (χ3n) is 11.4. The topological polar surface area (TPSA) is 23.0 Å². The Morgan fingerprint density at radius 1 is 0.627 bits per heavy atom. The zero-order chi connectivity index (χ0) is 33.5. The van der Waals surface area contributed by atoms with Gasteiger partial charge in [-0.2, -0.15) is 0 Å². The number of allylic oxidation sites excluding steroid dienone is 5. The molecule has 0 aliphatic heterocycles. The second-order valence-corrected chi connectivity index (χ2v) is 14.3. The van der Waals surface area contributed by atoms with Crippen LogP contribution in [0.3, 0.4) is 0 Å². The molecule has 8 aromatic rings. The van der Waals surface area contributed by atoms with E-state index in [9.17, 15) is 0 Å². The summed E-state index contributed by atoms with van der Waals surface area (Å²) in [4.78, 5) is 0. The maximum atomic E-state index is 6.18. The summed E-state index contributed by atoms with van der Waals surface area (Å²) in [7, 11) is 0. The Morgan fingerprint density at radius 2 is 1.45 bits per heavy atom. The van der Waals surface area contributed by atoms with Gasteiger partial charge in [-0.05, 0) is 97.3 Å². The Labute approximate surface area is 296 Å². The highest BCUT2D eigenvalue weighted by Crippen LogP contribution is 2.39. The molecule has 51 heavy (non-hydrogen) atoms. The molecule has 0 radical (unpaired) electrons. The average molecular weight is 657 g/mol. The van der Waals surface area contributed by atoms with Crippen LogP contribution in [0, 0.1) is 0 Å². The van der Waals surface area contributed by atoms with Gasteiger partial charge in [0.1, 0.15) is 11.2 Å². The first-order valence-electron chi connectivity index (χ1n) is 18.3. The average Bonchev–Trinajstić information content (AvgIpc) is 3.85. The van der Waals surface area contributed by atoms with Crippen LogP contribution in [0.25, 0.3) is 78.9 Å². The molecule has 5 aromatic carbocycles. The lowest BCUT2D eigenvalue weighted by atomic mass is 9.90. The monoisotopic (exact) mass is 656 g/mol. The van der Waals surface area contributed by atoms with Crippen molar-refractivity contribution in [1.82, 2.24) is 9.13 Å². The van der Waals surface area contributed by atoms with Crippen LogP contribution in [0.2, 0.25) is 0 Å². The van der Waals surface area contributed by atoms with Gasteiger partial charge in [-0.3, -0.25) is 0 Å². The van der Waals surface area contributed by atoms with E-state index in [0.717, 1.165) is 43.3 Å². The quantitative estimate of drug-likeness (QED) is 0.185. The van der Waals surface area contributed by atoms with Crippen LogP contribution < -0.4 is 10.6 Å². The summed E-state index contributed by atoms with van der Waals surface area (Å²) >= 11 is 0. The first-order valence-corrected chi connectivity index (χ1v) is 18.3. The van der Waals surface area contributed by atoms with Crippen molar-refractivity contribution in [3.05, 3.63) is 166 Å². The van der Waals surface area contributed by atoms with Crippen molar-refractivity contribution < 1.29 is 4.42 Å². The summed E-state index contributed by atoms with van der Waals surface area (Å²) < 4.78 is 11.2. The zero-order valence-electron chi connectivity index (χ0n) is 28.3. The summed E-state index contributed by atoms with van der Waals surface area (Å²) in [5, 5.41) is 7.66. The summed E-state index contributed by atoms with van der Waals surface area (Å²) in [6.45, 7) is 0. The lowest BCUT2D eigenvalue weighted by Crippen LogP contribution is -2.32. The Morgan fingerprint density at radius 3 is 2.39 bits per heavy atom. The van der Waals surface area contributed by atoms with Crippen LogP contribution in [-0.2, 0) is 6.42 Å². The molecule has 244 valence electrons. The van der Waals surface area contributed by atoms with E-state index in [4.69, 9.17) is 4.42 Å². The van der Waals surface area contributed by atoms with Crippen molar-refractivity contribution in [3.63, 3.8) is 0 Å². The van der Waals surface area contributed by atoms with Gasteiger partial charge >= 0.3 is 0 Å². The van der Waals surface area contributed by atoms with Gasteiger partial charge in [0.25, 0.3) is 0 Å². The molecule has 0 spiro atoms. The minimum absolute atomic E-state index is 0.303. The van der Waals surface area contributed by atoms with Crippen molar-refractivity contribution in [2.75, 3.05) is 0 Å². The fourth-order valence-electron chi connectivity index (χ4n) is 9.02. The molecule has 0 saturated heterocycles. The second-order valence-electron chi connectivity index (χ2n) is 14.3. The number of hydrogen-bond donors (Lipinski definition) is 0. The summed E-state index contributed by atoms with van der Waals surface area (Å²) in [6, 6.07) is 42.0. The number of rotatable bonds is 4. The highest BCUT2D eigenvalue weighted by atomic mass is 16.3. The number of benzene rings is 5. The van der Waals surface area contributed by atoms with E-state index in [1.807, 2.05) is 6.07 Å². The van der Waals surface area contributed by atoms with Gasteiger partial charge in [-0.15, -0.1) is 0 Å². The number of aromatic nitrogens is 2. The van der Waals surface area contributed by atoms with Gasteiger partial charge in [0.15, 0.2) is 0 Å². The normalized spacial score (nSPS) is 16.9. The third kappa shape index (κ3) is 4.44. The molecule has 0 saturated carbocycles. The molecule has 3 aliphatic rings. The lowest BCUT2D eigenvalue weighted by molar-refractivity contribution is 0.669. The van der Waals surface area contributed by atoms with Gasteiger partial charge in [0.2, 0.25) is 0 Å². The standard InChI is InChI=1S/C48H36N2O/c1-2-11-31(12-3-1)32-13-10-14-35(27-32)49-43-18-7-4-15-37(43)40-28-33(21-24-45(40)49)34-22-25-46-41(29-34)38-16-5-8-19-44(38)50(46)36-23-26-48-42(30-36)39-17-6-9-20-47(39)51-48/h1-7,9,11-12,14-18,20,22-30,33H,8,10,13,19,21H2.